The highest BCUT2D eigenvalue weighted by Crippen LogP contribution is 2.53. The van der Waals surface area contributed by atoms with Gasteiger partial charge in [0.05, 0.1) is 13.3 Å². The molecule has 1 N–H and O–H groups in total. The molecule has 0 bridgehead atoms. The van der Waals surface area contributed by atoms with Gasteiger partial charge in [-0.05, 0) is 81.2 Å². The fourth-order valence-electron chi connectivity index (χ4n) is 5.08. The zero-order chi connectivity index (χ0) is 32.3. The lowest BCUT2D eigenvalue weighted by Crippen LogP contribution is -2.48. The molecule has 2 aliphatic rings. The summed E-state index contributed by atoms with van der Waals surface area (Å²) in [6.07, 6.45) is 4.92. The van der Waals surface area contributed by atoms with Crippen LogP contribution in [0.5, 0.6) is 0 Å². The van der Waals surface area contributed by atoms with Crippen molar-refractivity contribution in [3.8, 4) is 17.2 Å². The number of carbonyl (C=O) groups is 1. The van der Waals surface area contributed by atoms with E-state index in [-0.39, 0.29) is 36.2 Å². The SMILES string of the molecule is CC.CC(=O)[C@@]1(C#N)CCO1.CCC1([C@H](NC)[C@@H](C)Cc2cc(F)cc(-c3ccccc3)c2F)CC1.CCF.O=C=O. The Balaban J connectivity index is 0.000000815. The predicted molar refractivity (Wildman–Crippen MR) is 157 cm³/mol. The molecular formula is C33H45F3N2O4. The molecule has 0 radical (unpaired) electrons. The van der Waals surface area contributed by atoms with Gasteiger partial charge in [-0.25, -0.2) is 8.78 Å². The molecule has 1 saturated heterocycles. The highest BCUT2D eigenvalue weighted by Gasteiger charge is 2.48. The van der Waals surface area contributed by atoms with Gasteiger partial charge in [0.25, 0.3) is 0 Å². The standard InChI is InChI=1S/C22H27F2N.C6H7NO2.C2H5F.C2H6.CO2/c1-4-22(10-11-22)21(25-3)15(2)12-17-13-18(23)14-19(20(17)24)16-8-6-5-7-9-16;1-5(8)6(4-7)2-3-9-6;1-2-3;1-2;2-1-3/h5-9,13-15,21,25H,4,10-12H2,1-3H3;2-3H2,1H3;2H2,1H3;1-2H3;/t15-,21+;6-;;;/m00.../s1. The third-order valence-corrected chi connectivity index (χ3v) is 7.43. The Morgan fingerprint density at radius 1 is 1.10 bits per heavy atom. The maximum Gasteiger partial charge on any atom is 0.373 e. The Morgan fingerprint density at radius 3 is 1.95 bits per heavy atom. The van der Waals surface area contributed by atoms with Crippen molar-refractivity contribution >= 4 is 11.9 Å². The number of hydrogen-bond acceptors (Lipinski definition) is 6. The smallest absolute Gasteiger partial charge is 0.353 e. The lowest BCUT2D eigenvalue weighted by atomic mass is 9.81. The molecule has 0 unspecified atom stereocenters. The molecule has 0 amide bonds. The second kappa shape index (κ2) is 19.7. The fourth-order valence-corrected chi connectivity index (χ4v) is 5.08. The molecule has 0 aromatic heterocycles. The van der Waals surface area contributed by atoms with E-state index in [0.29, 0.717) is 47.6 Å². The zero-order valence-electron chi connectivity index (χ0n) is 25.9. The summed E-state index contributed by atoms with van der Waals surface area (Å²) in [6.45, 7) is 11.5. The van der Waals surface area contributed by atoms with Crippen LogP contribution in [0.25, 0.3) is 11.1 Å². The van der Waals surface area contributed by atoms with Gasteiger partial charge in [0.15, 0.2) is 5.78 Å². The van der Waals surface area contributed by atoms with Crippen LogP contribution in [0.2, 0.25) is 0 Å². The van der Waals surface area contributed by atoms with Gasteiger partial charge in [-0.15, -0.1) is 0 Å². The van der Waals surface area contributed by atoms with Crippen molar-refractivity contribution < 1.29 is 32.3 Å². The van der Waals surface area contributed by atoms with Crippen molar-refractivity contribution in [2.75, 3.05) is 20.3 Å². The molecule has 1 saturated carbocycles. The first-order chi connectivity index (χ1) is 20.0. The summed E-state index contributed by atoms with van der Waals surface area (Å²) in [5.74, 6) is -0.612. The Morgan fingerprint density at radius 2 is 1.62 bits per heavy atom. The Bertz CT molecular complexity index is 1150. The van der Waals surface area contributed by atoms with Crippen LogP contribution >= 0.6 is 0 Å². The number of ketones is 1. The summed E-state index contributed by atoms with van der Waals surface area (Å²) in [4.78, 5) is 26.9. The van der Waals surface area contributed by atoms with E-state index >= 15 is 4.39 Å². The van der Waals surface area contributed by atoms with Gasteiger partial charge in [0.1, 0.15) is 17.7 Å². The summed E-state index contributed by atoms with van der Waals surface area (Å²) >= 11 is 0. The highest BCUT2D eigenvalue weighted by atomic mass is 19.1. The first-order valence-electron chi connectivity index (χ1n) is 14.4. The van der Waals surface area contributed by atoms with E-state index < -0.39 is 5.60 Å². The van der Waals surface area contributed by atoms with Crippen molar-refractivity contribution in [1.82, 2.24) is 5.32 Å². The Labute approximate surface area is 248 Å². The second-order valence-corrected chi connectivity index (χ2v) is 9.90. The van der Waals surface area contributed by atoms with E-state index in [2.05, 4.69) is 19.2 Å². The zero-order valence-corrected chi connectivity index (χ0v) is 25.9. The van der Waals surface area contributed by atoms with Crippen molar-refractivity contribution in [2.24, 2.45) is 11.3 Å². The summed E-state index contributed by atoms with van der Waals surface area (Å²) in [5, 5.41) is 11.9. The van der Waals surface area contributed by atoms with E-state index in [9.17, 15) is 13.6 Å². The topological polar surface area (TPSA) is 96.3 Å². The van der Waals surface area contributed by atoms with Crippen molar-refractivity contribution in [2.45, 2.75) is 85.3 Å². The molecule has 6 nitrogen and oxygen atoms in total. The first-order valence-corrected chi connectivity index (χ1v) is 14.4. The van der Waals surface area contributed by atoms with Gasteiger partial charge in [-0.2, -0.15) is 14.9 Å². The molecule has 232 valence electrons. The molecule has 1 heterocycles. The summed E-state index contributed by atoms with van der Waals surface area (Å²) < 4.78 is 44.3. The van der Waals surface area contributed by atoms with Gasteiger partial charge in [-0.3, -0.25) is 9.18 Å². The number of hydrogen-bond donors (Lipinski definition) is 1. The number of alkyl halides is 1. The molecule has 42 heavy (non-hydrogen) atoms. The molecule has 4 rings (SSSR count). The molecule has 2 aromatic carbocycles. The van der Waals surface area contributed by atoms with Crippen LogP contribution in [0.4, 0.5) is 13.2 Å². The quantitative estimate of drug-likeness (QED) is 0.348. The summed E-state index contributed by atoms with van der Waals surface area (Å²) in [7, 11) is 1.98. The minimum atomic E-state index is -1.07. The Hall–Kier alpha value is -3.31. The number of halogens is 3. The average Bonchev–Trinajstić information content (AvgIpc) is 3.74. The molecular weight excluding hydrogens is 545 g/mol. The van der Waals surface area contributed by atoms with Crippen LogP contribution in [0, 0.1) is 34.3 Å². The number of Topliss-reactive ketones (excluding diaryl/α,β-unsaturated/α-hetero) is 1. The fraction of sp³-hybridized carbons (Fsp3) is 0.545. The number of rotatable bonds is 8. The lowest BCUT2D eigenvalue weighted by Gasteiger charge is -2.32. The molecule has 2 fully saturated rings. The van der Waals surface area contributed by atoms with Crippen LogP contribution < -0.4 is 5.32 Å². The van der Waals surface area contributed by atoms with Crippen molar-refractivity contribution in [3.63, 3.8) is 0 Å². The van der Waals surface area contributed by atoms with Gasteiger partial charge < -0.3 is 10.1 Å². The van der Waals surface area contributed by atoms with Crippen molar-refractivity contribution in [1.29, 1.82) is 5.26 Å². The molecule has 9 heteroatoms. The maximum absolute atomic E-state index is 15.1. The largest absolute Gasteiger partial charge is 0.373 e. The normalized spacial score (nSPS) is 18.4. The summed E-state index contributed by atoms with van der Waals surface area (Å²) in [5.41, 5.74) is 0.796. The van der Waals surface area contributed by atoms with Gasteiger partial charge in [0, 0.05) is 18.0 Å². The van der Waals surface area contributed by atoms with Crippen LogP contribution in [-0.2, 0) is 25.5 Å². The van der Waals surface area contributed by atoms with E-state index in [1.54, 1.807) is 0 Å². The number of nitriles is 1. The monoisotopic (exact) mass is 590 g/mol. The van der Waals surface area contributed by atoms with E-state index in [4.69, 9.17) is 19.6 Å². The van der Waals surface area contributed by atoms with Crippen LogP contribution in [0.1, 0.15) is 72.8 Å². The van der Waals surface area contributed by atoms with Crippen LogP contribution in [-0.4, -0.2) is 43.9 Å². The second-order valence-electron chi connectivity index (χ2n) is 9.90. The summed E-state index contributed by atoms with van der Waals surface area (Å²) in [6, 6.07) is 14.0. The first kappa shape index (κ1) is 38.7. The van der Waals surface area contributed by atoms with Gasteiger partial charge >= 0.3 is 6.15 Å². The average molecular weight is 591 g/mol. The predicted octanol–water partition coefficient (Wildman–Crippen LogP) is 7.27. The minimum Gasteiger partial charge on any atom is -0.353 e. The molecule has 2 aromatic rings. The van der Waals surface area contributed by atoms with E-state index in [1.807, 2.05) is 57.3 Å². The lowest BCUT2D eigenvalue weighted by molar-refractivity contribution is -0.191. The van der Waals surface area contributed by atoms with Crippen LogP contribution in [0.15, 0.2) is 42.5 Å². The number of ether oxygens (including phenoxy) is 1. The maximum atomic E-state index is 15.1. The van der Waals surface area contributed by atoms with Gasteiger partial charge in [0.2, 0.25) is 5.60 Å². The third-order valence-electron chi connectivity index (χ3n) is 7.43. The molecule has 1 aliphatic heterocycles. The number of nitrogens with one attached hydrogen (secondary N) is 1. The van der Waals surface area contributed by atoms with E-state index in [0.717, 1.165) is 6.42 Å². The molecule has 3 atom stereocenters. The van der Waals surface area contributed by atoms with Crippen molar-refractivity contribution in [3.05, 3.63) is 59.7 Å². The third kappa shape index (κ3) is 10.8. The van der Waals surface area contributed by atoms with Crippen LogP contribution in [0.3, 0.4) is 0 Å². The van der Waals surface area contributed by atoms with E-state index in [1.165, 1.54) is 38.8 Å². The number of carbonyl (C=O) groups excluding carboxylic acids is 3. The Kier molecular flexibility index (Phi) is 18.2. The molecule has 0 spiro atoms. The molecule has 1 aliphatic carbocycles. The number of nitrogens with zero attached hydrogens (tertiary/aromatic N) is 1. The number of benzene rings is 2. The highest BCUT2D eigenvalue weighted by molar-refractivity contribution is 5.88. The minimum absolute atomic E-state index is 0.184. The van der Waals surface area contributed by atoms with Gasteiger partial charge in [-0.1, -0.05) is 58.0 Å².